The van der Waals surface area contributed by atoms with Crippen LogP contribution in [-0.2, 0) is 20.0 Å². The van der Waals surface area contributed by atoms with Gasteiger partial charge in [0.2, 0.25) is 0 Å². The second-order valence-corrected chi connectivity index (χ2v) is 5.53. The molecule has 1 fully saturated rings. The highest BCUT2D eigenvalue weighted by Gasteiger charge is 2.25. The molecule has 6 heteroatoms. The molecule has 0 saturated carbocycles. The van der Waals surface area contributed by atoms with Gasteiger partial charge in [0, 0.05) is 56.5 Å². The third-order valence-electron chi connectivity index (χ3n) is 3.89. The maximum absolute atomic E-state index is 8.94. The van der Waals surface area contributed by atoms with Crippen molar-refractivity contribution in [2.45, 2.75) is 25.3 Å². The molecule has 0 aliphatic carbocycles. The summed E-state index contributed by atoms with van der Waals surface area (Å²) in [7, 11) is 1.95. The molecular weight excluding hydrogens is 254 g/mol. The minimum Gasteiger partial charge on any atom is -0.396 e. The molecule has 0 amide bonds. The third-order valence-corrected chi connectivity index (χ3v) is 3.89. The molecule has 2 aromatic heterocycles. The fraction of sp³-hybridized carbons (Fsp3) is 0.571. The van der Waals surface area contributed by atoms with Crippen molar-refractivity contribution in [3.63, 3.8) is 0 Å². The number of hydrogen-bond acceptors (Lipinski definition) is 4. The lowest BCUT2D eigenvalue weighted by atomic mass is 10.0. The second-order valence-electron chi connectivity index (χ2n) is 5.53. The number of likely N-dealkylation sites (tertiary alicyclic amines) is 1. The van der Waals surface area contributed by atoms with Crippen LogP contribution in [0.4, 0.5) is 0 Å². The molecule has 1 aliphatic rings. The molecule has 2 N–H and O–H groups in total. The Balaban J connectivity index is 1.58. The molecule has 108 valence electrons. The number of aryl methyl sites for hydroxylation is 1. The predicted molar refractivity (Wildman–Crippen MR) is 75.2 cm³/mol. The molecule has 20 heavy (non-hydrogen) atoms. The van der Waals surface area contributed by atoms with Crippen LogP contribution in [0.5, 0.6) is 0 Å². The van der Waals surface area contributed by atoms with E-state index < -0.39 is 0 Å². The number of hydrogen-bond donors (Lipinski definition) is 2. The van der Waals surface area contributed by atoms with Crippen molar-refractivity contribution in [2.75, 3.05) is 19.7 Å². The largest absolute Gasteiger partial charge is 0.396 e. The maximum Gasteiger partial charge on any atom is 0.0669 e. The molecule has 3 rings (SSSR count). The molecule has 0 bridgehead atoms. The van der Waals surface area contributed by atoms with E-state index in [0.29, 0.717) is 12.3 Å². The van der Waals surface area contributed by atoms with Gasteiger partial charge in [-0.3, -0.25) is 14.7 Å². The number of H-pyrrole nitrogens is 1. The molecule has 0 radical (unpaired) electrons. The van der Waals surface area contributed by atoms with Crippen molar-refractivity contribution in [1.82, 2.24) is 24.9 Å². The molecule has 1 saturated heterocycles. The monoisotopic (exact) mass is 275 g/mol. The van der Waals surface area contributed by atoms with Gasteiger partial charge in [-0.25, -0.2) is 0 Å². The van der Waals surface area contributed by atoms with E-state index >= 15 is 0 Å². The van der Waals surface area contributed by atoms with Gasteiger partial charge in [0.25, 0.3) is 0 Å². The number of aliphatic hydroxyl groups excluding tert-OH is 1. The Morgan fingerprint density at radius 2 is 2.40 bits per heavy atom. The third kappa shape index (κ3) is 2.91. The van der Waals surface area contributed by atoms with E-state index in [4.69, 9.17) is 5.11 Å². The van der Waals surface area contributed by atoms with Crippen LogP contribution < -0.4 is 0 Å². The number of nitrogens with one attached hydrogen (secondary N) is 1. The van der Waals surface area contributed by atoms with Crippen molar-refractivity contribution in [3.05, 3.63) is 35.4 Å². The van der Waals surface area contributed by atoms with E-state index in [9.17, 15) is 0 Å². The van der Waals surface area contributed by atoms with Crippen molar-refractivity contribution in [2.24, 2.45) is 7.05 Å². The molecular formula is C14H21N5O. The van der Waals surface area contributed by atoms with Gasteiger partial charge in [0.1, 0.15) is 0 Å². The quantitative estimate of drug-likeness (QED) is 0.841. The summed E-state index contributed by atoms with van der Waals surface area (Å²) in [6.45, 7) is 3.26. The second kappa shape index (κ2) is 5.76. The summed E-state index contributed by atoms with van der Waals surface area (Å²) in [5, 5.41) is 20.5. The summed E-state index contributed by atoms with van der Waals surface area (Å²) in [5.74, 6) is 0.496. The first-order valence-electron chi connectivity index (χ1n) is 7.09. The van der Waals surface area contributed by atoms with Gasteiger partial charge in [0.15, 0.2) is 0 Å². The molecule has 1 unspecified atom stereocenters. The maximum atomic E-state index is 8.94. The molecule has 3 heterocycles. The first-order chi connectivity index (χ1) is 9.74. The van der Waals surface area contributed by atoms with Gasteiger partial charge in [0.05, 0.1) is 11.9 Å². The van der Waals surface area contributed by atoms with Gasteiger partial charge in [-0.2, -0.15) is 10.2 Å². The van der Waals surface area contributed by atoms with Crippen LogP contribution in [0.2, 0.25) is 0 Å². The topological polar surface area (TPSA) is 70.0 Å². The lowest BCUT2D eigenvalue weighted by molar-refractivity contribution is 0.298. The summed E-state index contributed by atoms with van der Waals surface area (Å²) in [6, 6.07) is 2.09. The van der Waals surface area contributed by atoms with Gasteiger partial charge in [-0.1, -0.05) is 0 Å². The van der Waals surface area contributed by atoms with Gasteiger partial charge in [-0.15, -0.1) is 0 Å². The Hall–Kier alpha value is -1.66. The first kappa shape index (κ1) is 13.3. The summed E-state index contributed by atoms with van der Waals surface area (Å²) < 4.78 is 1.85. The highest BCUT2D eigenvalue weighted by molar-refractivity contribution is 5.16. The van der Waals surface area contributed by atoms with E-state index in [1.54, 1.807) is 0 Å². The summed E-state index contributed by atoms with van der Waals surface area (Å²) in [6.07, 6.45) is 5.80. The fourth-order valence-corrected chi connectivity index (χ4v) is 2.87. The number of rotatable bonds is 5. The number of nitrogens with zero attached hydrogens (tertiary/aromatic N) is 4. The standard InChI is InChI=1S/C14H21N5O/c1-18-8-11(7-15-18)9-19-4-2-12(10-19)14-6-13(3-5-20)16-17-14/h6-8,12,20H,2-5,9-10H2,1H3,(H,16,17). The van der Waals surface area contributed by atoms with Crippen LogP contribution in [0.25, 0.3) is 0 Å². The number of aromatic nitrogens is 4. The number of aliphatic hydroxyl groups is 1. The van der Waals surface area contributed by atoms with Crippen LogP contribution in [0.15, 0.2) is 18.5 Å². The van der Waals surface area contributed by atoms with E-state index in [1.165, 1.54) is 5.56 Å². The average molecular weight is 275 g/mol. The predicted octanol–water partition coefficient (Wildman–Crippen LogP) is 0.667. The first-order valence-corrected chi connectivity index (χ1v) is 7.09. The Bertz CT molecular complexity index is 561. The van der Waals surface area contributed by atoms with Crippen molar-refractivity contribution < 1.29 is 5.11 Å². The zero-order valence-corrected chi connectivity index (χ0v) is 11.8. The zero-order chi connectivity index (χ0) is 13.9. The van der Waals surface area contributed by atoms with Gasteiger partial charge in [-0.05, 0) is 19.0 Å². The van der Waals surface area contributed by atoms with Gasteiger partial charge < -0.3 is 5.11 Å². The summed E-state index contributed by atoms with van der Waals surface area (Å²) in [4.78, 5) is 2.45. The normalized spacial score (nSPS) is 19.8. The minimum absolute atomic E-state index is 0.166. The molecule has 1 atom stereocenters. The highest BCUT2D eigenvalue weighted by atomic mass is 16.3. The zero-order valence-electron chi connectivity index (χ0n) is 11.8. The van der Waals surface area contributed by atoms with Gasteiger partial charge >= 0.3 is 0 Å². The summed E-state index contributed by atoms with van der Waals surface area (Å²) >= 11 is 0. The van der Waals surface area contributed by atoms with Crippen LogP contribution in [0.1, 0.15) is 29.3 Å². The summed E-state index contributed by atoms with van der Waals surface area (Å²) in [5.41, 5.74) is 3.41. The van der Waals surface area contributed by atoms with E-state index in [1.807, 2.05) is 17.9 Å². The van der Waals surface area contributed by atoms with E-state index in [0.717, 1.165) is 37.4 Å². The van der Waals surface area contributed by atoms with E-state index in [2.05, 4.69) is 32.5 Å². The minimum atomic E-state index is 0.166. The lowest BCUT2D eigenvalue weighted by Crippen LogP contribution is -2.19. The fourth-order valence-electron chi connectivity index (χ4n) is 2.87. The molecule has 6 nitrogen and oxygen atoms in total. The molecule has 0 spiro atoms. The molecule has 1 aliphatic heterocycles. The SMILES string of the molecule is Cn1cc(CN2CCC(c3cc(CCO)[nH]n3)C2)cn1. The Kier molecular flexibility index (Phi) is 3.84. The molecule has 2 aromatic rings. The Morgan fingerprint density at radius 3 is 3.15 bits per heavy atom. The molecule has 0 aromatic carbocycles. The lowest BCUT2D eigenvalue weighted by Gasteiger charge is -2.13. The van der Waals surface area contributed by atoms with Crippen LogP contribution in [0.3, 0.4) is 0 Å². The number of aromatic amines is 1. The van der Waals surface area contributed by atoms with Crippen LogP contribution >= 0.6 is 0 Å². The Labute approximate surface area is 118 Å². The Morgan fingerprint density at radius 1 is 1.50 bits per heavy atom. The van der Waals surface area contributed by atoms with Crippen molar-refractivity contribution >= 4 is 0 Å². The van der Waals surface area contributed by atoms with Crippen molar-refractivity contribution in [1.29, 1.82) is 0 Å². The van der Waals surface area contributed by atoms with Crippen LogP contribution in [-0.4, -0.2) is 49.7 Å². The van der Waals surface area contributed by atoms with E-state index in [-0.39, 0.29) is 6.61 Å². The van der Waals surface area contributed by atoms with Crippen LogP contribution in [0, 0.1) is 0 Å². The smallest absolute Gasteiger partial charge is 0.0669 e. The highest BCUT2D eigenvalue weighted by Crippen LogP contribution is 2.27. The average Bonchev–Trinajstić information content (AvgIpc) is 3.12. The van der Waals surface area contributed by atoms with Crippen molar-refractivity contribution in [3.8, 4) is 0 Å².